The molecule has 108 valence electrons. The molecule has 0 N–H and O–H groups in total. The molecule has 0 aliphatic heterocycles. The predicted octanol–water partition coefficient (Wildman–Crippen LogP) is 2.83. The summed E-state index contributed by atoms with van der Waals surface area (Å²) in [6.07, 6.45) is 0. The minimum atomic E-state index is -0.929. The number of benzene rings is 1. The third kappa shape index (κ3) is 3.88. The Balaban J connectivity index is 1.95. The van der Waals surface area contributed by atoms with Crippen molar-refractivity contribution in [3.8, 4) is 0 Å². The van der Waals surface area contributed by atoms with Crippen LogP contribution >= 0.6 is 22.6 Å². The summed E-state index contributed by atoms with van der Waals surface area (Å²) in [7, 11) is 0. The zero-order valence-corrected chi connectivity index (χ0v) is 12.6. The minimum absolute atomic E-state index is 0.322. The fourth-order valence-electron chi connectivity index (χ4n) is 1.46. The highest BCUT2D eigenvalue weighted by Gasteiger charge is 2.19. The van der Waals surface area contributed by atoms with Crippen molar-refractivity contribution < 1.29 is 23.7 Å². The molecule has 0 radical (unpaired) electrons. The molecule has 0 unspecified atom stereocenters. The van der Waals surface area contributed by atoms with E-state index >= 15 is 0 Å². The van der Waals surface area contributed by atoms with Crippen LogP contribution < -0.4 is 0 Å². The van der Waals surface area contributed by atoms with Crippen molar-refractivity contribution in [1.29, 1.82) is 0 Å². The Bertz CT molecular complexity index is 691. The lowest BCUT2D eigenvalue weighted by molar-refractivity contribution is -0.402. The molecule has 7 nitrogen and oxygen atoms in total. The van der Waals surface area contributed by atoms with Gasteiger partial charge in [-0.05, 0) is 40.8 Å². The van der Waals surface area contributed by atoms with E-state index in [1.54, 1.807) is 24.3 Å². The lowest BCUT2D eigenvalue weighted by Gasteiger charge is -2.02. The summed E-state index contributed by atoms with van der Waals surface area (Å²) in [5.41, 5.74) is 0.411. The molecule has 0 aliphatic carbocycles. The van der Waals surface area contributed by atoms with E-state index in [1.165, 1.54) is 0 Å². The van der Waals surface area contributed by atoms with Crippen LogP contribution in [-0.2, 0) is 4.74 Å². The first kappa shape index (κ1) is 15.2. The van der Waals surface area contributed by atoms with Crippen LogP contribution in [-0.4, -0.2) is 23.3 Å². The zero-order chi connectivity index (χ0) is 15.4. The number of carbonyl (C=O) groups is 2. The average Bonchev–Trinajstić information content (AvgIpc) is 2.95. The molecular formula is C13H8INO6. The first-order chi connectivity index (χ1) is 9.97. The maximum atomic E-state index is 11.8. The zero-order valence-electron chi connectivity index (χ0n) is 10.4. The van der Waals surface area contributed by atoms with Crippen molar-refractivity contribution in [2.45, 2.75) is 0 Å². The minimum Gasteiger partial charge on any atom is -0.451 e. The van der Waals surface area contributed by atoms with Gasteiger partial charge in [-0.2, -0.15) is 0 Å². The quantitative estimate of drug-likeness (QED) is 0.251. The molecule has 21 heavy (non-hydrogen) atoms. The SMILES string of the molecule is O=C(COC(=O)c1ccc([N+](=O)[O-])o1)c1ccc(I)cc1. The highest BCUT2D eigenvalue weighted by Crippen LogP contribution is 2.16. The summed E-state index contributed by atoms with van der Waals surface area (Å²) < 4.78 is 10.4. The van der Waals surface area contributed by atoms with Crippen molar-refractivity contribution in [3.05, 3.63) is 61.4 Å². The molecule has 0 amide bonds. The van der Waals surface area contributed by atoms with E-state index in [2.05, 4.69) is 27.0 Å². The molecule has 0 saturated carbocycles. The van der Waals surface area contributed by atoms with Crippen molar-refractivity contribution in [3.63, 3.8) is 0 Å². The van der Waals surface area contributed by atoms with Crippen molar-refractivity contribution in [2.75, 3.05) is 6.61 Å². The maximum absolute atomic E-state index is 11.8. The van der Waals surface area contributed by atoms with Crippen LogP contribution in [0.5, 0.6) is 0 Å². The number of hydrogen-bond acceptors (Lipinski definition) is 6. The van der Waals surface area contributed by atoms with Gasteiger partial charge >= 0.3 is 11.9 Å². The van der Waals surface area contributed by atoms with Gasteiger partial charge < -0.3 is 9.15 Å². The third-order valence-corrected chi connectivity index (χ3v) is 3.19. The number of rotatable bonds is 5. The van der Waals surface area contributed by atoms with Gasteiger partial charge in [-0.25, -0.2) is 4.79 Å². The summed E-state index contributed by atoms with van der Waals surface area (Å²) in [6, 6.07) is 8.91. The highest BCUT2D eigenvalue weighted by molar-refractivity contribution is 14.1. The highest BCUT2D eigenvalue weighted by atomic mass is 127. The fourth-order valence-corrected chi connectivity index (χ4v) is 1.82. The molecule has 0 saturated heterocycles. The first-order valence-corrected chi connectivity index (χ1v) is 6.75. The van der Waals surface area contributed by atoms with Gasteiger partial charge in [0.2, 0.25) is 5.76 Å². The van der Waals surface area contributed by atoms with Gasteiger partial charge in [-0.1, -0.05) is 12.1 Å². The molecule has 1 aromatic heterocycles. The summed E-state index contributed by atoms with van der Waals surface area (Å²) in [5.74, 6) is -2.19. The molecule has 2 rings (SSSR count). The number of esters is 1. The van der Waals surface area contributed by atoms with E-state index in [0.717, 1.165) is 15.7 Å². The molecule has 0 fully saturated rings. The van der Waals surface area contributed by atoms with Gasteiger partial charge in [0.25, 0.3) is 0 Å². The number of furan rings is 1. The van der Waals surface area contributed by atoms with E-state index in [0.29, 0.717) is 5.56 Å². The number of halogens is 1. The number of nitrogens with zero attached hydrogens (tertiary/aromatic N) is 1. The summed E-state index contributed by atoms with van der Waals surface area (Å²) in [4.78, 5) is 33.0. The number of ketones is 1. The third-order valence-electron chi connectivity index (χ3n) is 2.47. The Labute approximate surface area is 132 Å². The van der Waals surface area contributed by atoms with Crippen LogP contribution in [0.15, 0.2) is 40.8 Å². The molecule has 0 spiro atoms. The van der Waals surface area contributed by atoms with Crippen LogP contribution in [0.3, 0.4) is 0 Å². The molecular weight excluding hydrogens is 393 g/mol. The van der Waals surface area contributed by atoms with E-state index in [4.69, 9.17) is 4.74 Å². The first-order valence-electron chi connectivity index (χ1n) is 5.67. The van der Waals surface area contributed by atoms with E-state index in [1.807, 2.05) is 0 Å². The second-order valence-corrected chi connectivity index (χ2v) is 5.15. The topological polar surface area (TPSA) is 99.7 Å². The maximum Gasteiger partial charge on any atom is 0.433 e. The van der Waals surface area contributed by atoms with Gasteiger partial charge in [-0.3, -0.25) is 14.9 Å². The Morgan fingerprint density at radius 3 is 2.43 bits per heavy atom. The number of ether oxygens (including phenoxy) is 1. The van der Waals surface area contributed by atoms with E-state index in [9.17, 15) is 19.7 Å². The average molecular weight is 401 g/mol. The monoisotopic (exact) mass is 401 g/mol. The largest absolute Gasteiger partial charge is 0.451 e. The molecule has 0 bridgehead atoms. The molecule has 2 aromatic rings. The summed E-state index contributed by atoms with van der Waals surface area (Å²) in [5, 5.41) is 10.4. The number of carbonyl (C=O) groups excluding carboxylic acids is 2. The Hall–Kier alpha value is -2.23. The van der Waals surface area contributed by atoms with Gasteiger partial charge in [0.05, 0.1) is 6.07 Å². The normalized spacial score (nSPS) is 10.1. The standard InChI is InChI=1S/C13H8INO6/c14-9-3-1-8(2-4-9)10(16)7-20-13(17)11-5-6-12(21-11)15(18)19/h1-6H,7H2. The van der Waals surface area contributed by atoms with Gasteiger partial charge in [0.15, 0.2) is 12.4 Å². The molecule has 8 heteroatoms. The second-order valence-electron chi connectivity index (χ2n) is 3.90. The van der Waals surface area contributed by atoms with Gasteiger partial charge in [0.1, 0.15) is 4.92 Å². The van der Waals surface area contributed by atoms with Crippen LogP contribution in [0, 0.1) is 13.7 Å². The van der Waals surface area contributed by atoms with Crippen LogP contribution in [0.1, 0.15) is 20.9 Å². The second kappa shape index (κ2) is 6.48. The smallest absolute Gasteiger partial charge is 0.433 e. The van der Waals surface area contributed by atoms with Crippen LogP contribution in [0.4, 0.5) is 5.88 Å². The Kier molecular flexibility index (Phi) is 4.68. The molecule has 1 aromatic carbocycles. The lowest BCUT2D eigenvalue weighted by atomic mass is 10.1. The number of Topliss-reactive ketones (excluding diaryl/α,β-unsaturated/α-hetero) is 1. The Morgan fingerprint density at radius 2 is 1.86 bits per heavy atom. The molecule has 1 heterocycles. The number of nitro groups is 1. The van der Waals surface area contributed by atoms with E-state index < -0.39 is 23.4 Å². The number of hydrogen-bond donors (Lipinski definition) is 0. The van der Waals surface area contributed by atoms with Crippen LogP contribution in [0.25, 0.3) is 0 Å². The van der Waals surface area contributed by atoms with Crippen molar-refractivity contribution >= 4 is 40.2 Å². The van der Waals surface area contributed by atoms with Crippen molar-refractivity contribution in [2.24, 2.45) is 0 Å². The summed E-state index contributed by atoms with van der Waals surface area (Å²) >= 11 is 2.10. The van der Waals surface area contributed by atoms with Gasteiger partial charge in [-0.15, -0.1) is 0 Å². The van der Waals surface area contributed by atoms with Crippen molar-refractivity contribution in [1.82, 2.24) is 0 Å². The van der Waals surface area contributed by atoms with Gasteiger partial charge in [0, 0.05) is 9.13 Å². The molecule has 0 atom stereocenters. The lowest BCUT2D eigenvalue weighted by Crippen LogP contribution is -2.13. The summed E-state index contributed by atoms with van der Waals surface area (Å²) in [6.45, 7) is -0.464. The Morgan fingerprint density at radius 1 is 1.19 bits per heavy atom. The predicted molar refractivity (Wildman–Crippen MR) is 79.1 cm³/mol. The van der Waals surface area contributed by atoms with Crippen LogP contribution in [0.2, 0.25) is 0 Å². The molecule has 0 aliphatic rings. The van der Waals surface area contributed by atoms with E-state index in [-0.39, 0.29) is 11.5 Å². The fraction of sp³-hybridized carbons (Fsp3) is 0.0769.